The molecule has 0 unspecified atom stereocenters. The van der Waals surface area contributed by atoms with Gasteiger partial charge in [-0.2, -0.15) is 0 Å². The summed E-state index contributed by atoms with van der Waals surface area (Å²) in [6.45, 7) is 8.84. The average Bonchev–Trinajstić information content (AvgIpc) is 3.05. The number of carbonyl (C=O) groups excluding carboxylic acids is 1. The van der Waals surface area contributed by atoms with Crippen molar-refractivity contribution in [3.05, 3.63) is 64.1 Å². The predicted molar refractivity (Wildman–Crippen MR) is 123 cm³/mol. The van der Waals surface area contributed by atoms with Crippen LogP contribution < -0.4 is 5.32 Å². The molecule has 0 saturated carbocycles. The molecule has 3 N–H and O–H groups in total. The Labute approximate surface area is 183 Å². The SMILES string of the molecule is CCc1cccc(C)c1CNc1cc(C(=O)N(CCO)CCO)cn2c(C)c(C)nc12. The van der Waals surface area contributed by atoms with E-state index in [-0.39, 0.29) is 32.2 Å². The van der Waals surface area contributed by atoms with Gasteiger partial charge in [0.25, 0.3) is 5.91 Å². The van der Waals surface area contributed by atoms with E-state index in [1.165, 1.54) is 21.6 Å². The standard InChI is InChI=1S/C24H32N4O3/c1-5-19-8-6-7-16(2)21(19)14-25-22-13-20(24(31)27(9-11-29)10-12-30)15-28-18(4)17(3)26-23(22)28/h6-8,13,15,25,29-30H,5,9-12,14H2,1-4H3. The van der Waals surface area contributed by atoms with Gasteiger partial charge in [-0.1, -0.05) is 25.1 Å². The number of hydrogen-bond acceptors (Lipinski definition) is 5. The van der Waals surface area contributed by atoms with Gasteiger partial charge in [-0.25, -0.2) is 4.98 Å². The number of nitrogens with zero attached hydrogens (tertiary/aromatic N) is 3. The first-order valence-corrected chi connectivity index (χ1v) is 10.7. The molecule has 0 spiro atoms. The van der Waals surface area contributed by atoms with E-state index in [2.05, 4.69) is 37.4 Å². The molecule has 7 nitrogen and oxygen atoms in total. The minimum Gasteiger partial charge on any atom is -0.395 e. The summed E-state index contributed by atoms with van der Waals surface area (Å²) in [5.74, 6) is -0.232. The summed E-state index contributed by atoms with van der Waals surface area (Å²) in [4.78, 5) is 19.3. The summed E-state index contributed by atoms with van der Waals surface area (Å²) >= 11 is 0. The maximum Gasteiger partial charge on any atom is 0.255 e. The maximum atomic E-state index is 13.1. The Hall–Kier alpha value is -2.90. The van der Waals surface area contributed by atoms with Gasteiger partial charge >= 0.3 is 0 Å². The second kappa shape index (κ2) is 9.94. The van der Waals surface area contributed by atoms with E-state index in [1.807, 2.05) is 24.3 Å². The van der Waals surface area contributed by atoms with Crippen molar-refractivity contribution in [2.75, 3.05) is 31.6 Å². The van der Waals surface area contributed by atoms with Crippen LogP contribution >= 0.6 is 0 Å². The molecule has 2 heterocycles. The van der Waals surface area contributed by atoms with Gasteiger partial charge in [-0.3, -0.25) is 4.79 Å². The maximum absolute atomic E-state index is 13.1. The quantitative estimate of drug-likeness (QED) is 0.491. The third-order valence-electron chi connectivity index (χ3n) is 5.81. The fourth-order valence-corrected chi connectivity index (χ4v) is 3.89. The highest BCUT2D eigenvalue weighted by atomic mass is 16.3. The van der Waals surface area contributed by atoms with Gasteiger partial charge in [-0.05, 0) is 49.9 Å². The minimum absolute atomic E-state index is 0.157. The molecular weight excluding hydrogens is 392 g/mol. The lowest BCUT2D eigenvalue weighted by Gasteiger charge is -2.21. The first kappa shape index (κ1) is 22.8. The zero-order valence-corrected chi connectivity index (χ0v) is 18.8. The van der Waals surface area contributed by atoms with Crippen molar-refractivity contribution in [3.8, 4) is 0 Å². The van der Waals surface area contributed by atoms with E-state index in [9.17, 15) is 15.0 Å². The molecule has 0 saturated heterocycles. The first-order valence-electron chi connectivity index (χ1n) is 10.7. The van der Waals surface area contributed by atoms with Crippen LogP contribution in [-0.4, -0.2) is 56.7 Å². The molecule has 0 radical (unpaired) electrons. The summed E-state index contributed by atoms with van der Waals surface area (Å²) in [7, 11) is 0. The van der Waals surface area contributed by atoms with Crippen LogP contribution in [0.4, 0.5) is 5.69 Å². The summed E-state index contributed by atoms with van der Waals surface area (Å²) in [5, 5.41) is 22.1. The van der Waals surface area contributed by atoms with E-state index in [0.29, 0.717) is 12.1 Å². The van der Waals surface area contributed by atoms with Crippen molar-refractivity contribution in [2.24, 2.45) is 0 Å². The molecule has 0 aliphatic rings. The van der Waals surface area contributed by atoms with Crippen LogP contribution in [0.5, 0.6) is 0 Å². The van der Waals surface area contributed by atoms with Crippen molar-refractivity contribution in [2.45, 2.75) is 40.7 Å². The van der Waals surface area contributed by atoms with Gasteiger partial charge in [0.2, 0.25) is 0 Å². The van der Waals surface area contributed by atoms with E-state index in [0.717, 1.165) is 29.1 Å². The number of imidazole rings is 1. The Kier molecular flexibility index (Phi) is 7.30. The number of aromatic nitrogens is 2. The van der Waals surface area contributed by atoms with Crippen molar-refractivity contribution in [1.82, 2.24) is 14.3 Å². The Morgan fingerprint density at radius 1 is 1.16 bits per heavy atom. The van der Waals surface area contributed by atoms with Gasteiger partial charge in [0.1, 0.15) is 0 Å². The van der Waals surface area contributed by atoms with Crippen LogP contribution in [0, 0.1) is 20.8 Å². The number of pyridine rings is 1. The highest BCUT2D eigenvalue weighted by Crippen LogP contribution is 2.25. The molecular formula is C24H32N4O3. The molecule has 0 bridgehead atoms. The lowest BCUT2D eigenvalue weighted by molar-refractivity contribution is 0.0684. The fraction of sp³-hybridized carbons (Fsp3) is 0.417. The lowest BCUT2D eigenvalue weighted by Crippen LogP contribution is -2.36. The number of carbonyl (C=O) groups is 1. The van der Waals surface area contributed by atoms with Gasteiger partial charge < -0.3 is 24.8 Å². The van der Waals surface area contributed by atoms with Gasteiger partial charge in [0.05, 0.1) is 30.2 Å². The number of amides is 1. The number of anilines is 1. The van der Waals surface area contributed by atoms with Crippen molar-refractivity contribution in [1.29, 1.82) is 0 Å². The van der Waals surface area contributed by atoms with Crippen molar-refractivity contribution < 1.29 is 15.0 Å². The van der Waals surface area contributed by atoms with Crippen molar-refractivity contribution >= 4 is 17.2 Å². The fourth-order valence-electron chi connectivity index (χ4n) is 3.89. The number of nitrogens with one attached hydrogen (secondary N) is 1. The summed E-state index contributed by atoms with van der Waals surface area (Å²) in [6.07, 6.45) is 2.73. The Bertz CT molecular complexity index is 1070. The number of aliphatic hydroxyl groups excluding tert-OH is 2. The molecule has 166 valence electrons. The lowest BCUT2D eigenvalue weighted by atomic mass is 10.00. The molecule has 1 amide bonds. The second-order valence-corrected chi connectivity index (χ2v) is 7.78. The number of aryl methyl sites for hydroxylation is 4. The smallest absolute Gasteiger partial charge is 0.255 e. The van der Waals surface area contributed by atoms with Gasteiger partial charge in [0, 0.05) is 31.5 Å². The molecule has 0 fully saturated rings. The number of benzene rings is 1. The summed E-state index contributed by atoms with van der Waals surface area (Å²) < 4.78 is 1.93. The summed E-state index contributed by atoms with van der Waals surface area (Å²) in [6, 6.07) is 8.14. The second-order valence-electron chi connectivity index (χ2n) is 7.78. The molecule has 0 aliphatic carbocycles. The van der Waals surface area contributed by atoms with Crippen LogP contribution in [0.15, 0.2) is 30.5 Å². The number of aliphatic hydroxyl groups is 2. The third kappa shape index (κ3) is 4.73. The van der Waals surface area contributed by atoms with Gasteiger partial charge in [0.15, 0.2) is 5.65 Å². The normalized spacial score (nSPS) is 11.2. The van der Waals surface area contributed by atoms with E-state index >= 15 is 0 Å². The molecule has 7 heteroatoms. The number of hydrogen-bond donors (Lipinski definition) is 3. The topological polar surface area (TPSA) is 90.1 Å². The predicted octanol–water partition coefficient (Wildman–Crippen LogP) is 2.86. The average molecular weight is 425 g/mol. The highest BCUT2D eigenvalue weighted by Gasteiger charge is 2.19. The molecule has 31 heavy (non-hydrogen) atoms. The van der Waals surface area contributed by atoms with Crippen LogP contribution in [0.2, 0.25) is 0 Å². The zero-order valence-electron chi connectivity index (χ0n) is 18.8. The Morgan fingerprint density at radius 2 is 1.87 bits per heavy atom. The highest BCUT2D eigenvalue weighted by molar-refractivity contribution is 5.96. The van der Waals surface area contributed by atoms with Crippen LogP contribution in [-0.2, 0) is 13.0 Å². The first-order chi connectivity index (χ1) is 14.9. The molecule has 2 aromatic heterocycles. The largest absolute Gasteiger partial charge is 0.395 e. The van der Waals surface area contributed by atoms with E-state index < -0.39 is 0 Å². The summed E-state index contributed by atoms with van der Waals surface area (Å²) in [5.41, 5.74) is 7.68. The van der Waals surface area contributed by atoms with Gasteiger partial charge in [-0.15, -0.1) is 0 Å². The number of rotatable bonds is 9. The zero-order chi connectivity index (χ0) is 22.5. The molecule has 0 atom stereocenters. The van der Waals surface area contributed by atoms with E-state index in [1.54, 1.807) is 6.20 Å². The van der Waals surface area contributed by atoms with Crippen LogP contribution in [0.3, 0.4) is 0 Å². The monoisotopic (exact) mass is 424 g/mol. The molecule has 3 rings (SSSR count). The molecule has 1 aromatic carbocycles. The molecule has 3 aromatic rings. The third-order valence-corrected chi connectivity index (χ3v) is 5.81. The van der Waals surface area contributed by atoms with Crippen LogP contribution in [0.1, 0.15) is 45.4 Å². The van der Waals surface area contributed by atoms with Crippen molar-refractivity contribution in [3.63, 3.8) is 0 Å². The Balaban J connectivity index is 2.02. The minimum atomic E-state index is -0.232. The Morgan fingerprint density at radius 3 is 2.52 bits per heavy atom. The number of fused-ring (bicyclic) bond motifs is 1. The van der Waals surface area contributed by atoms with Crippen LogP contribution in [0.25, 0.3) is 5.65 Å². The van der Waals surface area contributed by atoms with E-state index in [4.69, 9.17) is 4.98 Å². The molecule has 0 aliphatic heterocycles.